The summed E-state index contributed by atoms with van der Waals surface area (Å²) in [4.78, 5) is 28.7. The van der Waals surface area contributed by atoms with E-state index in [0.717, 1.165) is 16.7 Å². The van der Waals surface area contributed by atoms with Crippen molar-refractivity contribution in [2.45, 2.75) is 38.3 Å². The van der Waals surface area contributed by atoms with Crippen LogP contribution in [0, 0.1) is 5.92 Å². The van der Waals surface area contributed by atoms with Crippen LogP contribution in [0.15, 0.2) is 60.9 Å². The zero-order valence-electron chi connectivity index (χ0n) is 20.4. The molecule has 2 aromatic carbocycles. The molecule has 2 N–H and O–H groups in total. The molecule has 0 aliphatic heterocycles. The number of carbonyl (C=O) groups is 2. The average molecular weight is 519 g/mol. The van der Waals surface area contributed by atoms with Gasteiger partial charge < -0.3 is 15.2 Å². The molecule has 2 heterocycles. The predicted octanol–water partition coefficient (Wildman–Crippen LogP) is 5.18. The fourth-order valence-corrected chi connectivity index (χ4v) is 5.10. The van der Waals surface area contributed by atoms with E-state index in [2.05, 4.69) is 15.4 Å². The van der Waals surface area contributed by atoms with Crippen molar-refractivity contribution in [1.29, 1.82) is 0 Å². The molecular formula is C28H27ClN4O4. The summed E-state index contributed by atoms with van der Waals surface area (Å²) in [6.07, 6.45) is 5.83. The Morgan fingerprint density at radius 1 is 1.08 bits per heavy atom. The molecule has 1 aliphatic rings. The number of pyridine rings is 1. The number of aliphatic carboxylic acids is 1. The summed E-state index contributed by atoms with van der Waals surface area (Å²) in [5, 5.41) is 18.1. The van der Waals surface area contributed by atoms with Crippen LogP contribution in [-0.4, -0.2) is 44.9 Å². The van der Waals surface area contributed by atoms with Gasteiger partial charge in [-0.05, 0) is 60.6 Å². The molecule has 5 rings (SSSR count). The van der Waals surface area contributed by atoms with Crippen LogP contribution in [0.3, 0.4) is 0 Å². The second kappa shape index (κ2) is 10.6. The Morgan fingerprint density at radius 2 is 1.84 bits per heavy atom. The van der Waals surface area contributed by atoms with E-state index in [9.17, 15) is 14.7 Å². The lowest BCUT2D eigenvalue weighted by atomic mass is 9.86. The number of carbonyl (C=O) groups excluding carboxylic acids is 1. The maximum atomic E-state index is 13.3. The quantitative estimate of drug-likeness (QED) is 0.349. The van der Waals surface area contributed by atoms with Crippen LogP contribution in [0.25, 0.3) is 22.0 Å². The second-order valence-electron chi connectivity index (χ2n) is 9.30. The SMILES string of the molecule is COc1cc(-c2ccc(Cn3ncc4c(Cl)ccc(C(=O)NC5CCC(C(=O)O)CC5)c43)cc2)ccn1. The van der Waals surface area contributed by atoms with Gasteiger partial charge in [-0.15, -0.1) is 0 Å². The third kappa shape index (κ3) is 5.29. The first-order valence-corrected chi connectivity index (χ1v) is 12.6. The maximum Gasteiger partial charge on any atom is 0.306 e. The molecule has 190 valence electrons. The zero-order valence-corrected chi connectivity index (χ0v) is 21.1. The summed E-state index contributed by atoms with van der Waals surface area (Å²) in [6, 6.07) is 15.3. The molecule has 0 radical (unpaired) electrons. The molecule has 0 bridgehead atoms. The lowest BCUT2D eigenvalue weighted by molar-refractivity contribution is -0.142. The number of methoxy groups -OCH3 is 1. The normalized spacial score (nSPS) is 17.5. The highest BCUT2D eigenvalue weighted by molar-refractivity contribution is 6.36. The zero-order chi connectivity index (χ0) is 25.9. The highest BCUT2D eigenvalue weighted by Gasteiger charge is 2.27. The molecule has 1 fully saturated rings. The van der Waals surface area contributed by atoms with Gasteiger partial charge in [0.1, 0.15) is 0 Å². The number of carboxylic acids is 1. The van der Waals surface area contributed by atoms with Gasteiger partial charge in [-0.25, -0.2) is 4.98 Å². The smallest absolute Gasteiger partial charge is 0.306 e. The third-order valence-electron chi connectivity index (χ3n) is 6.97. The van der Waals surface area contributed by atoms with Crippen molar-refractivity contribution in [3.05, 3.63) is 77.1 Å². The molecule has 1 saturated carbocycles. The summed E-state index contributed by atoms with van der Waals surface area (Å²) in [7, 11) is 1.59. The van der Waals surface area contributed by atoms with Gasteiger partial charge in [0.15, 0.2) is 0 Å². The molecule has 1 amide bonds. The van der Waals surface area contributed by atoms with E-state index in [4.69, 9.17) is 16.3 Å². The average Bonchev–Trinajstić information content (AvgIpc) is 3.34. The number of benzene rings is 2. The number of halogens is 1. The Labute approximate surface area is 219 Å². The van der Waals surface area contributed by atoms with E-state index in [-0.39, 0.29) is 17.9 Å². The maximum absolute atomic E-state index is 13.3. The molecule has 0 unspecified atom stereocenters. The highest BCUT2D eigenvalue weighted by Crippen LogP contribution is 2.29. The number of nitrogens with zero attached hydrogens (tertiary/aromatic N) is 3. The van der Waals surface area contributed by atoms with Gasteiger partial charge in [-0.2, -0.15) is 5.10 Å². The number of hydrogen-bond donors (Lipinski definition) is 2. The monoisotopic (exact) mass is 518 g/mol. The Bertz CT molecular complexity index is 1440. The summed E-state index contributed by atoms with van der Waals surface area (Å²) < 4.78 is 7.02. The van der Waals surface area contributed by atoms with Gasteiger partial charge in [0.25, 0.3) is 5.91 Å². The number of ether oxygens (including phenoxy) is 1. The van der Waals surface area contributed by atoms with Crippen LogP contribution in [0.4, 0.5) is 0 Å². The minimum atomic E-state index is -0.762. The first-order chi connectivity index (χ1) is 17.9. The number of nitrogens with one attached hydrogen (secondary N) is 1. The predicted molar refractivity (Wildman–Crippen MR) is 141 cm³/mol. The Morgan fingerprint density at radius 3 is 2.54 bits per heavy atom. The third-order valence-corrected chi connectivity index (χ3v) is 7.30. The van der Waals surface area contributed by atoms with E-state index >= 15 is 0 Å². The van der Waals surface area contributed by atoms with Crippen molar-refractivity contribution in [2.75, 3.05) is 7.11 Å². The Kier molecular flexibility index (Phi) is 7.10. The fraction of sp³-hybridized carbons (Fsp3) is 0.286. The van der Waals surface area contributed by atoms with Gasteiger partial charge in [-0.1, -0.05) is 35.9 Å². The number of aromatic nitrogens is 3. The summed E-state index contributed by atoms with van der Waals surface area (Å²) in [5.41, 5.74) is 4.24. The van der Waals surface area contributed by atoms with Crippen LogP contribution < -0.4 is 10.1 Å². The number of carboxylic acid groups (broad SMARTS) is 1. The van der Waals surface area contributed by atoms with Gasteiger partial charge >= 0.3 is 5.97 Å². The van der Waals surface area contributed by atoms with Crippen LogP contribution in [-0.2, 0) is 11.3 Å². The van der Waals surface area contributed by atoms with Crippen molar-refractivity contribution in [2.24, 2.45) is 5.92 Å². The van der Waals surface area contributed by atoms with Crippen molar-refractivity contribution >= 4 is 34.4 Å². The number of rotatable bonds is 7. The molecule has 4 aromatic rings. The summed E-state index contributed by atoms with van der Waals surface area (Å²) in [5.74, 6) is -0.739. The number of fused-ring (bicyclic) bond motifs is 1. The van der Waals surface area contributed by atoms with Gasteiger partial charge in [0, 0.05) is 23.7 Å². The molecule has 0 atom stereocenters. The number of hydrogen-bond acceptors (Lipinski definition) is 5. The topological polar surface area (TPSA) is 106 Å². The largest absolute Gasteiger partial charge is 0.481 e. The van der Waals surface area contributed by atoms with Gasteiger partial charge in [0.05, 0.1) is 41.9 Å². The van der Waals surface area contributed by atoms with Crippen molar-refractivity contribution in [3.63, 3.8) is 0 Å². The molecule has 1 aliphatic carbocycles. The standard InChI is InChI=1S/C28H27ClN4O4/c1-37-25-14-20(12-13-30-25)18-4-2-17(3-5-18)16-33-26-22(10-11-24(29)23(26)15-31-33)27(34)32-21-8-6-19(7-9-21)28(35)36/h2-5,10-15,19,21H,6-9,16H2,1H3,(H,32,34)(H,35,36). The van der Waals surface area contributed by atoms with Crippen molar-refractivity contribution in [1.82, 2.24) is 20.1 Å². The van der Waals surface area contributed by atoms with Gasteiger partial charge in [-0.3, -0.25) is 14.3 Å². The fourth-order valence-electron chi connectivity index (χ4n) is 4.90. The van der Waals surface area contributed by atoms with E-state index in [1.165, 1.54) is 0 Å². The van der Waals surface area contributed by atoms with Crippen molar-refractivity contribution in [3.8, 4) is 17.0 Å². The first kappa shape index (κ1) is 24.8. The molecular weight excluding hydrogens is 492 g/mol. The highest BCUT2D eigenvalue weighted by atomic mass is 35.5. The molecule has 0 spiro atoms. The number of amides is 1. The Balaban J connectivity index is 1.36. The van der Waals surface area contributed by atoms with E-state index in [1.54, 1.807) is 36.3 Å². The minimum absolute atomic E-state index is 0.0513. The van der Waals surface area contributed by atoms with Crippen LogP contribution >= 0.6 is 11.6 Å². The summed E-state index contributed by atoms with van der Waals surface area (Å²) >= 11 is 6.44. The lowest BCUT2D eigenvalue weighted by Crippen LogP contribution is -2.38. The Hall–Kier alpha value is -3.91. The van der Waals surface area contributed by atoms with Crippen molar-refractivity contribution < 1.29 is 19.4 Å². The minimum Gasteiger partial charge on any atom is -0.481 e. The first-order valence-electron chi connectivity index (χ1n) is 12.2. The molecule has 37 heavy (non-hydrogen) atoms. The van der Waals surface area contributed by atoms with E-state index < -0.39 is 5.97 Å². The lowest BCUT2D eigenvalue weighted by Gasteiger charge is -2.27. The molecule has 9 heteroatoms. The van der Waals surface area contributed by atoms with Crippen LogP contribution in [0.1, 0.15) is 41.6 Å². The summed E-state index contributed by atoms with van der Waals surface area (Å²) in [6.45, 7) is 0.466. The molecule has 0 saturated heterocycles. The van der Waals surface area contributed by atoms with Crippen LogP contribution in [0.5, 0.6) is 5.88 Å². The van der Waals surface area contributed by atoms with E-state index in [0.29, 0.717) is 59.6 Å². The molecule has 8 nitrogen and oxygen atoms in total. The van der Waals surface area contributed by atoms with Crippen LogP contribution in [0.2, 0.25) is 5.02 Å². The second-order valence-corrected chi connectivity index (χ2v) is 9.71. The molecule has 2 aromatic heterocycles. The van der Waals surface area contributed by atoms with E-state index in [1.807, 2.05) is 36.4 Å². The van der Waals surface area contributed by atoms with Gasteiger partial charge in [0.2, 0.25) is 5.88 Å².